The smallest absolute Gasteiger partial charge is 0.365 e. The summed E-state index contributed by atoms with van der Waals surface area (Å²) < 4.78 is 62.3. The van der Waals surface area contributed by atoms with E-state index in [-0.39, 0.29) is 11.6 Å². The minimum atomic E-state index is -4.52. The van der Waals surface area contributed by atoms with Crippen LogP contribution >= 0.6 is 0 Å². The zero-order valence-corrected chi connectivity index (χ0v) is 13.4. The molecule has 0 bridgehead atoms. The Morgan fingerprint density at radius 2 is 1.62 bits per heavy atom. The number of anilines is 1. The molecule has 2 N–H and O–H groups in total. The third-order valence-corrected chi connectivity index (χ3v) is 4.45. The molecule has 2 aromatic rings. The van der Waals surface area contributed by atoms with Gasteiger partial charge in [-0.3, -0.25) is 0 Å². The molecule has 1 aromatic carbocycles. The molecule has 0 radical (unpaired) electrons. The Kier molecular flexibility index (Phi) is 5.40. The van der Waals surface area contributed by atoms with Crippen LogP contribution in [0.1, 0.15) is 16.8 Å². The van der Waals surface area contributed by atoms with Gasteiger partial charge in [-0.15, -0.1) is 10.2 Å². The van der Waals surface area contributed by atoms with Crippen LogP contribution in [0.4, 0.5) is 19.0 Å². The number of nitrogens with zero attached hydrogens (tertiary/aromatic N) is 2. The van der Waals surface area contributed by atoms with Crippen LogP contribution in [0, 0.1) is 0 Å². The third kappa shape index (κ3) is 5.17. The first-order chi connectivity index (χ1) is 11.2. The van der Waals surface area contributed by atoms with E-state index in [2.05, 4.69) is 20.2 Å². The lowest BCUT2D eigenvalue weighted by Gasteiger charge is -2.08. The van der Waals surface area contributed by atoms with Crippen molar-refractivity contribution in [2.45, 2.75) is 18.5 Å². The molecule has 6 nitrogen and oxygen atoms in total. The zero-order valence-electron chi connectivity index (χ0n) is 12.6. The average Bonchev–Trinajstić information content (AvgIpc) is 2.53. The van der Waals surface area contributed by atoms with E-state index in [1.54, 1.807) is 24.3 Å². The molecule has 0 saturated carbocycles. The molecular weight excluding hydrogens is 345 g/mol. The van der Waals surface area contributed by atoms with Crippen molar-refractivity contribution in [1.82, 2.24) is 14.9 Å². The van der Waals surface area contributed by atoms with Crippen LogP contribution in [0.5, 0.6) is 0 Å². The lowest BCUT2D eigenvalue weighted by Crippen LogP contribution is -2.20. The minimum Gasteiger partial charge on any atom is -0.365 e. The third-order valence-electron chi connectivity index (χ3n) is 3.12. The van der Waals surface area contributed by atoms with E-state index in [1.807, 2.05) is 0 Å². The second-order valence-electron chi connectivity index (χ2n) is 4.93. The van der Waals surface area contributed by atoms with Gasteiger partial charge in [0.15, 0.2) is 5.69 Å². The monoisotopic (exact) mass is 360 g/mol. The highest BCUT2D eigenvalue weighted by Crippen LogP contribution is 2.27. The van der Waals surface area contributed by atoms with E-state index >= 15 is 0 Å². The van der Waals surface area contributed by atoms with Gasteiger partial charge >= 0.3 is 6.18 Å². The molecule has 2 rings (SSSR count). The zero-order chi connectivity index (χ0) is 17.8. The van der Waals surface area contributed by atoms with Gasteiger partial charge in [0.2, 0.25) is 10.0 Å². The predicted molar refractivity (Wildman–Crippen MR) is 82.5 cm³/mol. The topological polar surface area (TPSA) is 84.0 Å². The average molecular weight is 360 g/mol. The molecule has 0 aliphatic heterocycles. The van der Waals surface area contributed by atoms with Crippen molar-refractivity contribution in [3.8, 4) is 0 Å². The van der Waals surface area contributed by atoms with Gasteiger partial charge in [0.05, 0.1) is 5.75 Å². The highest BCUT2D eigenvalue weighted by Gasteiger charge is 2.32. The normalized spacial score (nSPS) is 12.2. The van der Waals surface area contributed by atoms with E-state index in [0.29, 0.717) is 12.1 Å². The Morgan fingerprint density at radius 1 is 1.00 bits per heavy atom. The lowest BCUT2D eigenvalue weighted by molar-refractivity contribution is -0.141. The number of aromatic nitrogens is 2. The highest BCUT2D eigenvalue weighted by atomic mass is 32.2. The Bertz CT molecular complexity index is 775. The predicted octanol–water partition coefficient (Wildman–Crippen LogP) is 2.16. The molecule has 0 atom stereocenters. The molecule has 0 unspecified atom stereocenters. The fraction of sp³-hybridized carbons (Fsp3) is 0.286. The SMILES string of the molecule is CNS(=O)(=O)Cc1ccc(CNc2ccc(C(F)(F)F)nn2)cc1. The summed E-state index contributed by atoms with van der Waals surface area (Å²) in [5, 5.41) is 9.43. The molecule has 0 saturated heterocycles. The standard InChI is InChI=1S/C14H15F3N4O2S/c1-18-24(22,23)9-11-4-2-10(3-5-11)8-19-13-7-6-12(20-21-13)14(15,16)17/h2-7,18H,8-9H2,1H3,(H,19,21). The Balaban J connectivity index is 1.95. The summed E-state index contributed by atoms with van der Waals surface area (Å²) in [6.45, 7) is 0.319. The molecule has 0 amide bonds. The molecule has 10 heteroatoms. The van der Waals surface area contributed by atoms with Gasteiger partial charge in [0.1, 0.15) is 5.82 Å². The van der Waals surface area contributed by atoms with Crippen LogP contribution in [-0.2, 0) is 28.5 Å². The van der Waals surface area contributed by atoms with E-state index in [0.717, 1.165) is 11.6 Å². The molecule has 24 heavy (non-hydrogen) atoms. The van der Waals surface area contributed by atoms with Crippen molar-refractivity contribution in [3.63, 3.8) is 0 Å². The molecular formula is C14H15F3N4O2S. The van der Waals surface area contributed by atoms with Crippen molar-refractivity contribution < 1.29 is 21.6 Å². The maximum Gasteiger partial charge on any atom is 0.435 e. The number of benzene rings is 1. The van der Waals surface area contributed by atoms with Gasteiger partial charge in [0, 0.05) is 6.54 Å². The largest absolute Gasteiger partial charge is 0.435 e. The van der Waals surface area contributed by atoms with Crippen LogP contribution in [0.3, 0.4) is 0 Å². The number of alkyl halides is 3. The fourth-order valence-electron chi connectivity index (χ4n) is 1.82. The van der Waals surface area contributed by atoms with Gasteiger partial charge in [0.25, 0.3) is 0 Å². The second-order valence-corrected chi connectivity index (χ2v) is 6.86. The number of nitrogens with one attached hydrogen (secondary N) is 2. The highest BCUT2D eigenvalue weighted by molar-refractivity contribution is 7.88. The molecule has 0 aliphatic rings. The lowest BCUT2D eigenvalue weighted by atomic mass is 10.1. The van der Waals surface area contributed by atoms with E-state index in [9.17, 15) is 21.6 Å². The van der Waals surface area contributed by atoms with Gasteiger partial charge in [-0.1, -0.05) is 24.3 Å². The summed E-state index contributed by atoms with van der Waals surface area (Å²) in [5.74, 6) is 0.0894. The fourth-order valence-corrected chi connectivity index (χ4v) is 2.59. The minimum absolute atomic E-state index is 0.123. The van der Waals surface area contributed by atoms with E-state index in [1.165, 1.54) is 13.1 Å². The summed E-state index contributed by atoms with van der Waals surface area (Å²) in [6.07, 6.45) is -4.52. The summed E-state index contributed by atoms with van der Waals surface area (Å²) in [7, 11) is -1.99. The summed E-state index contributed by atoms with van der Waals surface area (Å²) in [4.78, 5) is 0. The molecule has 1 heterocycles. The maximum absolute atomic E-state index is 12.4. The van der Waals surface area contributed by atoms with Crippen molar-refractivity contribution in [2.75, 3.05) is 12.4 Å². The van der Waals surface area contributed by atoms with Crippen molar-refractivity contribution >= 4 is 15.8 Å². The van der Waals surface area contributed by atoms with Gasteiger partial charge in [-0.05, 0) is 30.3 Å². The summed E-state index contributed by atoms with van der Waals surface area (Å²) in [6, 6.07) is 8.84. The molecule has 0 fully saturated rings. The quantitative estimate of drug-likeness (QED) is 0.825. The maximum atomic E-state index is 12.4. The first-order valence-electron chi connectivity index (χ1n) is 6.83. The molecule has 0 spiro atoms. The van der Waals surface area contributed by atoms with Crippen LogP contribution in [0.2, 0.25) is 0 Å². The van der Waals surface area contributed by atoms with Crippen LogP contribution in [0.15, 0.2) is 36.4 Å². The Morgan fingerprint density at radius 3 is 2.12 bits per heavy atom. The summed E-state index contributed by atoms with van der Waals surface area (Å²) in [5.41, 5.74) is 0.396. The van der Waals surface area contributed by atoms with Crippen LogP contribution < -0.4 is 10.0 Å². The van der Waals surface area contributed by atoms with Crippen LogP contribution in [-0.4, -0.2) is 25.7 Å². The van der Waals surface area contributed by atoms with Gasteiger partial charge in [-0.25, -0.2) is 13.1 Å². The van der Waals surface area contributed by atoms with Crippen molar-refractivity contribution in [1.29, 1.82) is 0 Å². The number of halogens is 3. The van der Waals surface area contributed by atoms with E-state index in [4.69, 9.17) is 0 Å². The molecule has 1 aromatic heterocycles. The van der Waals surface area contributed by atoms with Crippen LogP contribution in [0.25, 0.3) is 0 Å². The van der Waals surface area contributed by atoms with E-state index < -0.39 is 21.9 Å². The number of hydrogen-bond acceptors (Lipinski definition) is 5. The second kappa shape index (κ2) is 7.14. The molecule has 0 aliphatic carbocycles. The van der Waals surface area contributed by atoms with Gasteiger partial charge in [-0.2, -0.15) is 13.2 Å². The Hall–Kier alpha value is -2.20. The number of hydrogen-bond donors (Lipinski definition) is 2. The Labute approximate surface area is 137 Å². The van der Waals surface area contributed by atoms with Gasteiger partial charge < -0.3 is 5.32 Å². The number of rotatable bonds is 6. The van der Waals surface area contributed by atoms with Crippen molar-refractivity contribution in [3.05, 3.63) is 53.2 Å². The number of sulfonamides is 1. The first kappa shape index (κ1) is 18.1. The van der Waals surface area contributed by atoms with Crippen molar-refractivity contribution in [2.24, 2.45) is 0 Å². The summed E-state index contributed by atoms with van der Waals surface area (Å²) >= 11 is 0. The molecule has 130 valence electrons. The first-order valence-corrected chi connectivity index (χ1v) is 8.49.